The third-order valence-electron chi connectivity index (χ3n) is 4.94. The third kappa shape index (κ3) is 4.79. The molecule has 0 radical (unpaired) electrons. The summed E-state index contributed by atoms with van der Waals surface area (Å²) < 4.78 is 5.71. The van der Waals surface area contributed by atoms with Gasteiger partial charge in [0.15, 0.2) is 0 Å². The second-order valence-electron chi connectivity index (χ2n) is 7.18. The molecule has 4 rings (SSSR count). The molecule has 1 heterocycles. The van der Waals surface area contributed by atoms with Gasteiger partial charge >= 0.3 is 6.03 Å². The summed E-state index contributed by atoms with van der Waals surface area (Å²) in [7, 11) is 0. The number of barbiturate groups is 1. The number of nitro benzene ring substituents is 1. The highest BCUT2D eigenvalue weighted by Crippen LogP contribution is 2.26. The van der Waals surface area contributed by atoms with E-state index in [0.717, 1.165) is 10.5 Å². The second kappa shape index (κ2) is 9.55. The number of carbonyl (C=O) groups excluding carboxylic acids is 3. The summed E-state index contributed by atoms with van der Waals surface area (Å²) in [6, 6.07) is 17.9. The first-order valence-electron chi connectivity index (χ1n) is 9.95. The number of halogens is 1. The quantitative estimate of drug-likeness (QED) is 0.242. The number of ether oxygens (including phenoxy) is 1. The van der Waals surface area contributed by atoms with Gasteiger partial charge < -0.3 is 4.74 Å². The maximum Gasteiger partial charge on any atom is 0.335 e. The fourth-order valence-corrected chi connectivity index (χ4v) is 3.45. The summed E-state index contributed by atoms with van der Waals surface area (Å²) in [5.41, 5.74) is 0.751. The SMILES string of the molecule is O=C1NC(=O)N(c2ccc(OCc3ccccc3Cl)cc2)C(=O)/C1=C/c1cccc([N+](=O)[O-])c1. The second-order valence-corrected chi connectivity index (χ2v) is 7.59. The summed E-state index contributed by atoms with van der Waals surface area (Å²) in [5, 5.41) is 13.7. The van der Waals surface area contributed by atoms with Gasteiger partial charge in [-0.15, -0.1) is 0 Å². The van der Waals surface area contributed by atoms with Gasteiger partial charge in [-0.2, -0.15) is 0 Å². The number of nitrogens with one attached hydrogen (secondary N) is 1. The average Bonchev–Trinajstić information content (AvgIpc) is 2.82. The summed E-state index contributed by atoms with van der Waals surface area (Å²) in [6.45, 7) is 0.229. The van der Waals surface area contributed by atoms with Gasteiger partial charge in [0.05, 0.1) is 10.6 Å². The van der Waals surface area contributed by atoms with Crippen LogP contribution in [-0.2, 0) is 16.2 Å². The van der Waals surface area contributed by atoms with Crippen LogP contribution >= 0.6 is 11.6 Å². The Kier molecular flexibility index (Phi) is 6.37. The monoisotopic (exact) mass is 477 g/mol. The summed E-state index contributed by atoms with van der Waals surface area (Å²) in [5.74, 6) is -1.26. The molecule has 1 N–H and O–H groups in total. The molecule has 0 saturated carbocycles. The van der Waals surface area contributed by atoms with Gasteiger partial charge in [-0.05, 0) is 42.0 Å². The van der Waals surface area contributed by atoms with Gasteiger partial charge in [-0.25, -0.2) is 9.69 Å². The van der Waals surface area contributed by atoms with Gasteiger partial charge in [0, 0.05) is 22.7 Å². The lowest BCUT2D eigenvalue weighted by molar-refractivity contribution is -0.384. The van der Waals surface area contributed by atoms with Gasteiger partial charge in [0.1, 0.15) is 17.9 Å². The topological polar surface area (TPSA) is 119 Å². The predicted molar refractivity (Wildman–Crippen MR) is 124 cm³/mol. The van der Waals surface area contributed by atoms with Crippen molar-refractivity contribution in [1.29, 1.82) is 0 Å². The molecule has 9 nitrogen and oxygen atoms in total. The normalized spacial score (nSPS) is 14.8. The summed E-state index contributed by atoms with van der Waals surface area (Å²) >= 11 is 6.12. The first-order chi connectivity index (χ1) is 16.3. The molecule has 34 heavy (non-hydrogen) atoms. The van der Waals surface area contributed by atoms with Crippen LogP contribution in [0.5, 0.6) is 5.75 Å². The Morgan fingerprint density at radius 1 is 1.00 bits per heavy atom. The minimum Gasteiger partial charge on any atom is -0.489 e. The van der Waals surface area contributed by atoms with Crippen molar-refractivity contribution in [3.05, 3.63) is 105 Å². The Balaban J connectivity index is 1.55. The fraction of sp³-hybridized carbons (Fsp3) is 0.0417. The zero-order chi connectivity index (χ0) is 24.2. The van der Waals surface area contributed by atoms with Crippen LogP contribution in [0.4, 0.5) is 16.2 Å². The van der Waals surface area contributed by atoms with E-state index in [2.05, 4.69) is 5.32 Å². The Bertz CT molecular complexity index is 1340. The number of nitrogens with zero attached hydrogens (tertiary/aromatic N) is 2. The third-order valence-corrected chi connectivity index (χ3v) is 5.31. The van der Waals surface area contributed by atoms with E-state index < -0.39 is 22.8 Å². The highest BCUT2D eigenvalue weighted by molar-refractivity contribution is 6.39. The first kappa shape index (κ1) is 22.7. The average molecular weight is 478 g/mol. The molecule has 1 saturated heterocycles. The number of anilines is 1. The van der Waals surface area contributed by atoms with Crippen LogP contribution in [-0.4, -0.2) is 22.8 Å². The molecular weight excluding hydrogens is 462 g/mol. The largest absolute Gasteiger partial charge is 0.489 e. The van der Waals surface area contributed by atoms with E-state index in [9.17, 15) is 24.5 Å². The zero-order valence-corrected chi connectivity index (χ0v) is 18.2. The standard InChI is InChI=1S/C24H16ClN3O6/c25-21-7-2-1-5-16(21)14-34-19-10-8-17(9-11-19)27-23(30)20(22(29)26-24(27)31)13-15-4-3-6-18(12-15)28(32)33/h1-13H,14H2,(H,26,29,31)/b20-13+. The number of imide groups is 2. The van der Waals surface area contributed by atoms with Crippen LogP contribution in [0.25, 0.3) is 6.08 Å². The Morgan fingerprint density at radius 2 is 1.74 bits per heavy atom. The van der Waals surface area contributed by atoms with Crippen LogP contribution in [0.3, 0.4) is 0 Å². The Labute approximate surface area is 198 Å². The van der Waals surface area contributed by atoms with Crippen LogP contribution in [0, 0.1) is 10.1 Å². The van der Waals surface area contributed by atoms with Gasteiger partial charge in [0.2, 0.25) is 0 Å². The van der Waals surface area contributed by atoms with Crippen molar-refractivity contribution in [1.82, 2.24) is 5.32 Å². The van der Waals surface area contributed by atoms with Gasteiger partial charge in [-0.1, -0.05) is 41.9 Å². The minimum atomic E-state index is -0.907. The molecule has 3 aromatic carbocycles. The highest BCUT2D eigenvalue weighted by Gasteiger charge is 2.36. The maximum atomic E-state index is 13.0. The van der Waals surface area contributed by atoms with Gasteiger partial charge in [0.25, 0.3) is 17.5 Å². The molecular formula is C24H16ClN3O6. The molecule has 0 atom stereocenters. The smallest absolute Gasteiger partial charge is 0.335 e. The number of non-ortho nitro benzene ring substituents is 1. The lowest BCUT2D eigenvalue weighted by Crippen LogP contribution is -2.54. The molecule has 3 aromatic rings. The summed E-state index contributed by atoms with van der Waals surface area (Å²) in [4.78, 5) is 48.9. The molecule has 1 aliphatic rings. The molecule has 0 aliphatic carbocycles. The van der Waals surface area contributed by atoms with Crippen molar-refractivity contribution in [3.8, 4) is 5.75 Å². The van der Waals surface area contributed by atoms with Crippen molar-refractivity contribution < 1.29 is 24.0 Å². The first-order valence-corrected chi connectivity index (χ1v) is 10.3. The van der Waals surface area contributed by atoms with E-state index in [0.29, 0.717) is 10.8 Å². The van der Waals surface area contributed by atoms with Crippen molar-refractivity contribution in [2.75, 3.05) is 4.90 Å². The zero-order valence-electron chi connectivity index (χ0n) is 17.4. The molecule has 10 heteroatoms. The lowest BCUT2D eigenvalue weighted by atomic mass is 10.1. The van der Waals surface area contributed by atoms with Crippen molar-refractivity contribution in [2.24, 2.45) is 0 Å². The molecule has 0 aromatic heterocycles. The number of carbonyl (C=O) groups is 3. The predicted octanol–water partition coefficient (Wildman–Crippen LogP) is 4.49. The Hall–Kier alpha value is -4.50. The van der Waals surface area contributed by atoms with Crippen LogP contribution < -0.4 is 15.0 Å². The molecule has 0 spiro atoms. The number of hydrogen-bond acceptors (Lipinski definition) is 6. The summed E-state index contributed by atoms with van der Waals surface area (Å²) in [6.07, 6.45) is 1.20. The van der Waals surface area contributed by atoms with Crippen LogP contribution in [0.2, 0.25) is 5.02 Å². The van der Waals surface area contributed by atoms with Crippen LogP contribution in [0.15, 0.2) is 78.4 Å². The van der Waals surface area contributed by atoms with Crippen molar-refractivity contribution >= 4 is 46.9 Å². The van der Waals surface area contributed by atoms with E-state index in [1.54, 1.807) is 18.2 Å². The van der Waals surface area contributed by atoms with E-state index in [1.165, 1.54) is 42.5 Å². The van der Waals surface area contributed by atoms with Gasteiger partial charge in [-0.3, -0.25) is 25.0 Å². The maximum absolute atomic E-state index is 13.0. The molecule has 4 amide bonds. The lowest BCUT2D eigenvalue weighted by Gasteiger charge is -2.26. The highest BCUT2D eigenvalue weighted by atomic mass is 35.5. The molecule has 1 aliphatic heterocycles. The van der Waals surface area contributed by atoms with E-state index in [4.69, 9.17) is 16.3 Å². The van der Waals surface area contributed by atoms with E-state index >= 15 is 0 Å². The molecule has 0 bridgehead atoms. The minimum absolute atomic E-state index is 0.196. The van der Waals surface area contributed by atoms with E-state index in [1.807, 2.05) is 18.2 Å². The number of amides is 4. The molecule has 0 unspecified atom stereocenters. The van der Waals surface area contributed by atoms with Crippen LogP contribution in [0.1, 0.15) is 11.1 Å². The van der Waals surface area contributed by atoms with Crippen molar-refractivity contribution in [3.63, 3.8) is 0 Å². The number of nitro groups is 1. The Morgan fingerprint density at radius 3 is 2.44 bits per heavy atom. The molecule has 1 fully saturated rings. The number of rotatable bonds is 6. The number of benzene rings is 3. The van der Waals surface area contributed by atoms with E-state index in [-0.39, 0.29) is 29.1 Å². The number of urea groups is 1. The fourth-order valence-electron chi connectivity index (χ4n) is 3.25. The van der Waals surface area contributed by atoms with Crippen molar-refractivity contribution in [2.45, 2.75) is 6.61 Å². The molecule has 170 valence electrons. The number of hydrogen-bond donors (Lipinski definition) is 1.